The quantitative estimate of drug-likeness (QED) is 0.834. The molecule has 114 valence electrons. The Hall–Kier alpha value is -1.26. The molecule has 0 saturated heterocycles. The summed E-state index contributed by atoms with van der Waals surface area (Å²) >= 11 is 0. The Labute approximate surface area is 122 Å². The number of rotatable bonds is 7. The third kappa shape index (κ3) is 3.64. The second-order valence-corrected chi connectivity index (χ2v) is 5.52. The molecule has 0 aliphatic carbocycles. The van der Waals surface area contributed by atoms with Crippen LogP contribution in [0.4, 0.5) is 0 Å². The van der Waals surface area contributed by atoms with E-state index in [9.17, 15) is 0 Å². The molecule has 4 heteroatoms. The summed E-state index contributed by atoms with van der Waals surface area (Å²) in [6.45, 7) is 7.25. The number of likely N-dealkylation sites (N-methyl/N-ethyl adjacent to an activating group) is 1. The Morgan fingerprint density at radius 1 is 1.10 bits per heavy atom. The Balaban J connectivity index is 3.06. The second kappa shape index (κ2) is 7.50. The number of hydrogen-bond acceptors (Lipinski definition) is 4. The summed E-state index contributed by atoms with van der Waals surface area (Å²) in [4.78, 5) is 2.33. The van der Waals surface area contributed by atoms with Gasteiger partial charge in [-0.1, -0.05) is 19.9 Å². The van der Waals surface area contributed by atoms with Gasteiger partial charge in [-0.3, -0.25) is 4.90 Å². The van der Waals surface area contributed by atoms with Gasteiger partial charge < -0.3 is 15.2 Å². The van der Waals surface area contributed by atoms with E-state index in [1.54, 1.807) is 14.2 Å². The van der Waals surface area contributed by atoms with Gasteiger partial charge in [0.2, 0.25) is 0 Å². The highest BCUT2D eigenvalue weighted by molar-refractivity contribution is 5.43. The van der Waals surface area contributed by atoms with Crippen LogP contribution >= 0.6 is 0 Å². The molecular formula is C16H28N2O2. The summed E-state index contributed by atoms with van der Waals surface area (Å²) in [6, 6.07) is 6.64. The van der Waals surface area contributed by atoms with Crippen LogP contribution < -0.4 is 15.2 Å². The molecule has 20 heavy (non-hydrogen) atoms. The van der Waals surface area contributed by atoms with Crippen LogP contribution in [0.15, 0.2) is 18.2 Å². The first-order valence-corrected chi connectivity index (χ1v) is 7.10. The maximum atomic E-state index is 5.99. The maximum Gasteiger partial charge on any atom is 0.161 e. The number of nitrogens with two attached hydrogens (primary N) is 1. The van der Waals surface area contributed by atoms with Crippen molar-refractivity contribution in [2.75, 3.05) is 27.8 Å². The van der Waals surface area contributed by atoms with Crippen LogP contribution in [0, 0.1) is 5.92 Å². The fourth-order valence-corrected chi connectivity index (χ4v) is 2.35. The monoisotopic (exact) mass is 280 g/mol. The van der Waals surface area contributed by atoms with Gasteiger partial charge >= 0.3 is 0 Å². The summed E-state index contributed by atoms with van der Waals surface area (Å²) in [5.41, 5.74) is 7.14. The van der Waals surface area contributed by atoms with Gasteiger partial charge in [-0.15, -0.1) is 0 Å². The Morgan fingerprint density at radius 3 is 2.15 bits per heavy atom. The summed E-state index contributed by atoms with van der Waals surface area (Å²) in [5, 5.41) is 0. The van der Waals surface area contributed by atoms with Gasteiger partial charge in [0.1, 0.15) is 0 Å². The number of nitrogens with zero attached hydrogens (tertiary/aromatic N) is 1. The van der Waals surface area contributed by atoms with Crippen LogP contribution in [-0.2, 0) is 0 Å². The van der Waals surface area contributed by atoms with E-state index in [1.807, 2.05) is 12.1 Å². The smallest absolute Gasteiger partial charge is 0.161 e. The molecular weight excluding hydrogens is 252 g/mol. The third-order valence-electron chi connectivity index (χ3n) is 4.11. The molecule has 0 aromatic heterocycles. The van der Waals surface area contributed by atoms with E-state index >= 15 is 0 Å². The topological polar surface area (TPSA) is 47.7 Å². The molecule has 4 nitrogen and oxygen atoms in total. The predicted octanol–water partition coefficient (Wildman–Crippen LogP) is 2.68. The van der Waals surface area contributed by atoms with Gasteiger partial charge in [-0.05, 0) is 37.6 Å². The normalized spacial score (nSPS) is 14.4. The molecule has 0 aliphatic heterocycles. The molecule has 0 aliphatic rings. The van der Waals surface area contributed by atoms with E-state index in [2.05, 4.69) is 38.8 Å². The fraction of sp³-hybridized carbons (Fsp3) is 0.625. The van der Waals surface area contributed by atoms with Crippen LogP contribution in [-0.4, -0.2) is 38.8 Å². The van der Waals surface area contributed by atoms with Gasteiger partial charge in [-0.25, -0.2) is 0 Å². The predicted molar refractivity (Wildman–Crippen MR) is 83.4 cm³/mol. The minimum Gasteiger partial charge on any atom is -0.493 e. The number of ether oxygens (including phenoxy) is 2. The summed E-state index contributed by atoms with van der Waals surface area (Å²) < 4.78 is 10.7. The highest BCUT2D eigenvalue weighted by Gasteiger charge is 2.23. The van der Waals surface area contributed by atoms with Crippen LogP contribution in [0.3, 0.4) is 0 Å². The molecule has 0 spiro atoms. The molecule has 0 saturated carbocycles. The molecule has 2 unspecified atom stereocenters. The average molecular weight is 280 g/mol. The first kappa shape index (κ1) is 16.8. The fourth-order valence-electron chi connectivity index (χ4n) is 2.35. The molecule has 0 bridgehead atoms. The molecule has 0 heterocycles. The van der Waals surface area contributed by atoms with E-state index in [4.69, 9.17) is 15.2 Å². The van der Waals surface area contributed by atoms with Gasteiger partial charge in [0.25, 0.3) is 0 Å². The lowest BCUT2D eigenvalue weighted by atomic mass is 9.99. The van der Waals surface area contributed by atoms with E-state index in [0.717, 1.165) is 17.1 Å². The lowest BCUT2D eigenvalue weighted by Crippen LogP contribution is -2.39. The molecule has 2 N–H and O–H groups in total. The number of hydrogen-bond donors (Lipinski definition) is 1. The van der Waals surface area contributed by atoms with Crippen LogP contribution in [0.5, 0.6) is 11.5 Å². The molecule has 0 radical (unpaired) electrons. The Bertz CT molecular complexity index is 421. The van der Waals surface area contributed by atoms with Crippen LogP contribution in [0.2, 0.25) is 0 Å². The van der Waals surface area contributed by atoms with E-state index < -0.39 is 0 Å². The van der Waals surface area contributed by atoms with Crippen molar-refractivity contribution in [3.05, 3.63) is 23.8 Å². The average Bonchev–Trinajstić information content (AvgIpc) is 2.46. The summed E-state index contributed by atoms with van der Waals surface area (Å²) in [5.74, 6) is 2.06. The minimum absolute atomic E-state index is 0.173. The van der Waals surface area contributed by atoms with E-state index in [1.165, 1.54) is 0 Å². The van der Waals surface area contributed by atoms with Gasteiger partial charge in [0, 0.05) is 18.6 Å². The van der Waals surface area contributed by atoms with Crippen molar-refractivity contribution in [1.29, 1.82) is 0 Å². The van der Waals surface area contributed by atoms with Crippen molar-refractivity contribution in [3.8, 4) is 11.5 Å². The minimum atomic E-state index is 0.173. The molecule has 1 aromatic rings. The first-order valence-electron chi connectivity index (χ1n) is 7.10. The lowest BCUT2D eigenvalue weighted by molar-refractivity contribution is 0.151. The maximum absolute atomic E-state index is 5.99. The molecule has 0 amide bonds. The van der Waals surface area contributed by atoms with Gasteiger partial charge in [0.15, 0.2) is 11.5 Å². The lowest BCUT2D eigenvalue weighted by Gasteiger charge is -2.35. The van der Waals surface area contributed by atoms with Crippen molar-refractivity contribution in [3.63, 3.8) is 0 Å². The Kier molecular flexibility index (Phi) is 6.30. The molecule has 2 atom stereocenters. The summed E-state index contributed by atoms with van der Waals surface area (Å²) in [7, 11) is 5.42. The zero-order valence-corrected chi connectivity index (χ0v) is 13.5. The van der Waals surface area contributed by atoms with Crippen LogP contribution in [0.1, 0.15) is 32.4 Å². The Morgan fingerprint density at radius 2 is 1.70 bits per heavy atom. The van der Waals surface area contributed by atoms with Crippen molar-refractivity contribution in [1.82, 2.24) is 4.90 Å². The highest BCUT2D eigenvalue weighted by atomic mass is 16.5. The first-order chi connectivity index (χ1) is 9.46. The van der Waals surface area contributed by atoms with Crippen LogP contribution in [0.25, 0.3) is 0 Å². The SMILES string of the molecule is COc1ccc(C(CN)N(C)C(C)C(C)C)cc1OC. The zero-order chi connectivity index (χ0) is 15.3. The largest absolute Gasteiger partial charge is 0.493 e. The van der Waals surface area contributed by atoms with E-state index in [0.29, 0.717) is 18.5 Å². The van der Waals surface area contributed by atoms with Crippen molar-refractivity contribution in [2.45, 2.75) is 32.9 Å². The standard InChI is InChI=1S/C16H28N2O2/c1-11(2)12(3)18(4)14(10-17)13-7-8-15(19-5)16(9-13)20-6/h7-9,11-12,14H,10,17H2,1-6H3. The highest BCUT2D eigenvalue weighted by Crippen LogP contribution is 2.32. The number of benzene rings is 1. The molecule has 1 aromatic carbocycles. The van der Waals surface area contributed by atoms with Gasteiger partial charge in [0.05, 0.1) is 14.2 Å². The number of methoxy groups -OCH3 is 2. The van der Waals surface area contributed by atoms with E-state index in [-0.39, 0.29) is 6.04 Å². The van der Waals surface area contributed by atoms with Crippen molar-refractivity contribution >= 4 is 0 Å². The molecule has 0 fully saturated rings. The zero-order valence-electron chi connectivity index (χ0n) is 13.5. The third-order valence-corrected chi connectivity index (χ3v) is 4.11. The summed E-state index contributed by atoms with van der Waals surface area (Å²) in [6.07, 6.45) is 0. The van der Waals surface area contributed by atoms with Crippen molar-refractivity contribution in [2.24, 2.45) is 11.7 Å². The second-order valence-electron chi connectivity index (χ2n) is 5.52. The van der Waals surface area contributed by atoms with Gasteiger partial charge in [-0.2, -0.15) is 0 Å². The van der Waals surface area contributed by atoms with Crippen molar-refractivity contribution < 1.29 is 9.47 Å². The molecule has 1 rings (SSSR count).